The van der Waals surface area contributed by atoms with Gasteiger partial charge in [-0.05, 0) is 19.8 Å². The van der Waals surface area contributed by atoms with E-state index in [0.717, 1.165) is 25.9 Å². The zero-order chi connectivity index (χ0) is 15.4. The number of thiazole rings is 1. The average molecular weight is 332 g/mol. The Hall–Kier alpha value is -1.34. The number of hydrogen-bond acceptors (Lipinski definition) is 6. The first-order valence-corrected chi connectivity index (χ1v) is 8.03. The van der Waals surface area contributed by atoms with Gasteiger partial charge < -0.3 is 15.0 Å². The lowest BCUT2D eigenvalue weighted by Gasteiger charge is -2.30. The van der Waals surface area contributed by atoms with Gasteiger partial charge in [-0.25, -0.2) is 9.78 Å². The van der Waals surface area contributed by atoms with Gasteiger partial charge in [0.25, 0.3) is 0 Å². The molecule has 116 valence electrons. The van der Waals surface area contributed by atoms with Crippen molar-refractivity contribution in [2.45, 2.75) is 19.8 Å². The summed E-state index contributed by atoms with van der Waals surface area (Å²) in [5, 5.41) is 3.73. The molecular formula is C13H18ClN3O3S. The number of hydrogen-bond donors (Lipinski definition) is 1. The molecule has 0 spiro atoms. The fraction of sp³-hybridized carbons (Fsp3) is 0.615. The van der Waals surface area contributed by atoms with Crippen molar-refractivity contribution in [3.05, 3.63) is 10.0 Å². The van der Waals surface area contributed by atoms with Crippen LogP contribution in [-0.4, -0.2) is 43.6 Å². The van der Waals surface area contributed by atoms with Crippen LogP contribution in [0.3, 0.4) is 0 Å². The van der Waals surface area contributed by atoms with Gasteiger partial charge in [-0.1, -0.05) is 22.9 Å². The zero-order valence-corrected chi connectivity index (χ0v) is 13.6. The lowest BCUT2D eigenvalue weighted by atomic mass is 9.96. The topological polar surface area (TPSA) is 71.5 Å². The molecule has 1 aliphatic rings. The number of aromatic nitrogens is 1. The Balaban J connectivity index is 1.99. The molecule has 1 aromatic rings. The Bertz CT molecular complexity index is 527. The van der Waals surface area contributed by atoms with Gasteiger partial charge in [0.15, 0.2) is 15.2 Å². The molecular weight excluding hydrogens is 314 g/mol. The quantitative estimate of drug-likeness (QED) is 0.854. The molecule has 0 unspecified atom stereocenters. The highest BCUT2D eigenvalue weighted by atomic mass is 35.5. The molecule has 0 bridgehead atoms. The highest BCUT2D eigenvalue weighted by Gasteiger charge is 2.27. The number of anilines is 1. The Kier molecular flexibility index (Phi) is 5.41. The third-order valence-electron chi connectivity index (χ3n) is 3.43. The van der Waals surface area contributed by atoms with E-state index in [2.05, 4.69) is 19.9 Å². The van der Waals surface area contributed by atoms with E-state index in [1.807, 2.05) is 6.92 Å². The van der Waals surface area contributed by atoms with E-state index < -0.39 is 5.97 Å². The number of amides is 1. The largest absolute Gasteiger partial charge is 0.465 e. The number of rotatable bonds is 4. The minimum atomic E-state index is -0.471. The first-order valence-electron chi connectivity index (χ1n) is 6.84. The van der Waals surface area contributed by atoms with Crippen LogP contribution in [0.1, 0.15) is 29.4 Å². The maximum Gasteiger partial charge on any atom is 0.351 e. The van der Waals surface area contributed by atoms with Gasteiger partial charge in [-0.3, -0.25) is 4.79 Å². The SMILES string of the molecule is CCNC(=O)C1CCN(c2nc(Cl)c(C(=O)OC)s2)CC1. The zero-order valence-electron chi connectivity index (χ0n) is 12.0. The van der Waals surface area contributed by atoms with Crippen molar-refractivity contribution in [2.24, 2.45) is 5.92 Å². The number of carbonyl (C=O) groups excluding carboxylic acids is 2. The van der Waals surface area contributed by atoms with Crippen molar-refractivity contribution in [2.75, 3.05) is 31.6 Å². The predicted octanol–water partition coefficient (Wildman–Crippen LogP) is 1.94. The molecule has 2 rings (SSSR count). The van der Waals surface area contributed by atoms with Gasteiger partial charge in [0.05, 0.1) is 7.11 Å². The van der Waals surface area contributed by atoms with Gasteiger partial charge in [-0.2, -0.15) is 0 Å². The van der Waals surface area contributed by atoms with Gasteiger partial charge in [-0.15, -0.1) is 0 Å². The summed E-state index contributed by atoms with van der Waals surface area (Å²) in [6.07, 6.45) is 1.55. The highest BCUT2D eigenvalue weighted by molar-refractivity contribution is 7.18. The molecule has 0 radical (unpaired) electrons. The number of nitrogens with one attached hydrogen (secondary N) is 1. The summed E-state index contributed by atoms with van der Waals surface area (Å²) in [5.41, 5.74) is 0. The van der Waals surface area contributed by atoms with Crippen LogP contribution >= 0.6 is 22.9 Å². The van der Waals surface area contributed by atoms with Crippen LogP contribution in [0.25, 0.3) is 0 Å². The molecule has 8 heteroatoms. The molecule has 0 saturated carbocycles. The summed E-state index contributed by atoms with van der Waals surface area (Å²) >= 11 is 7.19. The van der Waals surface area contributed by atoms with E-state index in [-0.39, 0.29) is 17.0 Å². The number of nitrogens with zero attached hydrogens (tertiary/aromatic N) is 2. The number of methoxy groups -OCH3 is 1. The lowest BCUT2D eigenvalue weighted by Crippen LogP contribution is -2.40. The van der Waals surface area contributed by atoms with Gasteiger partial charge >= 0.3 is 5.97 Å². The number of esters is 1. The smallest absolute Gasteiger partial charge is 0.351 e. The summed E-state index contributed by atoms with van der Waals surface area (Å²) in [5.74, 6) is -0.303. The van der Waals surface area contributed by atoms with E-state index in [1.54, 1.807) is 0 Å². The molecule has 0 atom stereocenters. The molecule has 1 fully saturated rings. The Morgan fingerprint density at radius 1 is 1.48 bits per heavy atom. The van der Waals surface area contributed by atoms with Crippen LogP contribution in [0.15, 0.2) is 0 Å². The number of carbonyl (C=O) groups is 2. The van der Waals surface area contributed by atoms with Crippen LogP contribution in [0.5, 0.6) is 0 Å². The molecule has 21 heavy (non-hydrogen) atoms. The monoisotopic (exact) mass is 331 g/mol. The van der Waals surface area contributed by atoms with Crippen LogP contribution in [0.2, 0.25) is 5.15 Å². The predicted molar refractivity (Wildman–Crippen MR) is 82.1 cm³/mol. The third-order valence-corrected chi connectivity index (χ3v) is 4.91. The third kappa shape index (κ3) is 3.65. The molecule has 1 amide bonds. The highest BCUT2D eigenvalue weighted by Crippen LogP contribution is 2.32. The number of ether oxygens (including phenoxy) is 1. The standard InChI is InChI=1S/C13H18ClN3O3S/c1-3-15-11(18)8-4-6-17(7-5-8)13-16-10(14)9(21-13)12(19)20-2/h8H,3-7H2,1-2H3,(H,15,18). The minimum absolute atomic E-state index is 0.0525. The second-order valence-electron chi connectivity index (χ2n) is 4.76. The molecule has 1 aromatic heterocycles. The molecule has 1 N–H and O–H groups in total. The Morgan fingerprint density at radius 2 is 2.14 bits per heavy atom. The Morgan fingerprint density at radius 3 is 2.71 bits per heavy atom. The maximum absolute atomic E-state index is 11.8. The van der Waals surface area contributed by atoms with Crippen molar-refractivity contribution in [1.29, 1.82) is 0 Å². The van der Waals surface area contributed by atoms with Crippen LogP contribution in [-0.2, 0) is 9.53 Å². The molecule has 0 aromatic carbocycles. The van der Waals surface area contributed by atoms with Crippen LogP contribution in [0, 0.1) is 5.92 Å². The maximum atomic E-state index is 11.8. The van der Waals surface area contributed by atoms with Gasteiger partial charge in [0.1, 0.15) is 0 Å². The van der Waals surface area contributed by atoms with Gasteiger partial charge in [0, 0.05) is 25.6 Å². The molecule has 6 nitrogen and oxygen atoms in total. The molecule has 1 saturated heterocycles. The Labute approximate surface area is 132 Å². The van der Waals surface area contributed by atoms with Crippen molar-refractivity contribution < 1.29 is 14.3 Å². The number of halogens is 1. The average Bonchev–Trinajstić information content (AvgIpc) is 2.89. The second-order valence-corrected chi connectivity index (χ2v) is 6.10. The van der Waals surface area contributed by atoms with E-state index in [9.17, 15) is 9.59 Å². The van der Waals surface area contributed by atoms with Crippen LogP contribution in [0.4, 0.5) is 5.13 Å². The van der Waals surface area contributed by atoms with Crippen molar-refractivity contribution in [3.8, 4) is 0 Å². The second kappa shape index (κ2) is 7.09. The summed E-state index contributed by atoms with van der Waals surface area (Å²) < 4.78 is 4.67. The fourth-order valence-electron chi connectivity index (χ4n) is 2.30. The molecule has 1 aliphatic heterocycles. The van der Waals surface area contributed by atoms with Crippen molar-refractivity contribution in [1.82, 2.24) is 10.3 Å². The normalized spacial score (nSPS) is 15.9. The lowest BCUT2D eigenvalue weighted by molar-refractivity contribution is -0.125. The molecule has 2 heterocycles. The summed E-state index contributed by atoms with van der Waals surface area (Å²) in [7, 11) is 1.32. The first kappa shape index (κ1) is 16.0. The fourth-order valence-corrected chi connectivity index (χ4v) is 3.55. The van der Waals surface area contributed by atoms with Crippen LogP contribution < -0.4 is 10.2 Å². The summed E-state index contributed by atoms with van der Waals surface area (Å²) in [6, 6.07) is 0. The van der Waals surface area contributed by atoms with E-state index in [1.165, 1.54) is 18.4 Å². The molecule has 0 aliphatic carbocycles. The summed E-state index contributed by atoms with van der Waals surface area (Å²) in [6.45, 7) is 4.03. The minimum Gasteiger partial charge on any atom is -0.465 e. The van der Waals surface area contributed by atoms with Crippen molar-refractivity contribution in [3.63, 3.8) is 0 Å². The number of piperidine rings is 1. The van der Waals surface area contributed by atoms with Crippen molar-refractivity contribution >= 4 is 39.9 Å². The van der Waals surface area contributed by atoms with E-state index in [4.69, 9.17) is 11.6 Å². The van der Waals surface area contributed by atoms with E-state index >= 15 is 0 Å². The van der Waals surface area contributed by atoms with E-state index in [0.29, 0.717) is 16.6 Å². The first-order chi connectivity index (χ1) is 10.1. The summed E-state index contributed by atoms with van der Waals surface area (Å²) in [4.78, 5) is 29.9. The van der Waals surface area contributed by atoms with Gasteiger partial charge in [0.2, 0.25) is 5.91 Å².